The Balaban J connectivity index is 1.86. The van der Waals surface area contributed by atoms with E-state index in [1.54, 1.807) is 6.92 Å². The van der Waals surface area contributed by atoms with Gasteiger partial charge in [0.1, 0.15) is 17.8 Å². The number of carbonyl (C=O) groups is 1. The lowest BCUT2D eigenvalue weighted by Gasteiger charge is -2.26. The number of nitrogens with zero attached hydrogens (tertiary/aromatic N) is 3. The van der Waals surface area contributed by atoms with Crippen LogP contribution in [0, 0.1) is 0 Å². The number of esters is 1. The SMILES string of the molecule is CCOC(=O)C(C)(C)Oc1ccc(Cn2ncn(-c3ccc(OC(F)(F)F)cc3)c2=O)cc1C(F)(F)F. The van der Waals surface area contributed by atoms with E-state index in [0.717, 1.165) is 39.8 Å². The van der Waals surface area contributed by atoms with Gasteiger partial charge in [0.2, 0.25) is 0 Å². The fraction of sp³-hybridized carbons (Fsp3) is 0.348. The molecule has 3 aromatic rings. The highest BCUT2D eigenvalue weighted by molar-refractivity contribution is 5.79. The molecular weight excluding hydrogens is 512 g/mol. The van der Waals surface area contributed by atoms with Crippen molar-refractivity contribution in [2.45, 2.75) is 45.5 Å². The summed E-state index contributed by atoms with van der Waals surface area (Å²) >= 11 is 0. The van der Waals surface area contributed by atoms with E-state index in [9.17, 15) is 35.9 Å². The molecule has 0 aliphatic heterocycles. The Morgan fingerprint density at radius 2 is 1.62 bits per heavy atom. The Hall–Kier alpha value is -3.97. The normalized spacial score (nSPS) is 12.4. The third-order valence-electron chi connectivity index (χ3n) is 4.90. The van der Waals surface area contributed by atoms with Crippen molar-refractivity contribution in [3.63, 3.8) is 0 Å². The van der Waals surface area contributed by atoms with Crippen LogP contribution < -0.4 is 15.2 Å². The Morgan fingerprint density at radius 1 is 0.973 bits per heavy atom. The van der Waals surface area contributed by atoms with Gasteiger partial charge in [0, 0.05) is 0 Å². The van der Waals surface area contributed by atoms with Crippen LogP contribution in [0.2, 0.25) is 0 Å². The van der Waals surface area contributed by atoms with E-state index in [0.29, 0.717) is 0 Å². The molecule has 37 heavy (non-hydrogen) atoms. The third kappa shape index (κ3) is 6.83. The molecule has 0 atom stereocenters. The monoisotopic (exact) mass is 533 g/mol. The van der Waals surface area contributed by atoms with E-state index in [4.69, 9.17) is 9.47 Å². The summed E-state index contributed by atoms with van der Waals surface area (Å²) in [5.41, 5.74) is -3.41. The lowest BCUT2D eigenvalue weighted by molar-refractivity contribution is -0.274. The number of ether oxygens (including phenoxy) is 3. The van der Waals surface area contributed by atoms with Crippen molar-refractivity contribution in [3.8, 4) is 17.2 Å². The second-order valence-electron chi connectivity index (χ2n) is 8.14. The van der Waals surface area contributed by atoms with E-state index in [2.05, 4.69) is 9.84 Å². The summed E-state index contributed by atoms with van der Waals surface area (Å²) in [6, 6.07) is 7.45. The molecule has 0 aliphatic rings. The Labute approximate surface area is 206 Å². The van der Waals surface area contributed by atoms with Gasteiger partial charge in [-0.15, -0.1) is 13.2 Å². The van der Waals surface area contributed by atoms with Gasteiger partial charge in [-0.2, -0.15) is 18.3 Å². The molecule has 0 saturated carbocycles. The van der Waals surface area contributed by atoms with Crippen LogP contribution in [0.15, 0.2) is 53.6 Å². The molecular formula is C23H21F6N3O5. The molecule has 3 rings (SSSR count). The van der Waals surface area contributed by atoms with Gasteiger partial charge in [-0.1, -0.05) is 6.07 Å². The van der Waals surface area contributed by atoms with Gasteiger partial charge < -0.3 is 14.2 Å². The van der Waals surface area contributed by atoms with Crippen LogP contribution in [0.3, 0.4) is 0 Å². The summed E-state index contributed by atoms with van der Waals surface area (Å²) in [5, 5.41) is 3.87. The number of hydrogen-bond acceptors (Lipinski definition) is 6. The van der Waals surface area contributed by atoms with Gasteiger partial charge in [-0.05, 0) is 62.7 Å². The maximum absolute atomic E-state index is 13.8. The molecule has 0 unspecified atom stereocenters. The molecule has 0 fully saturated rings. The Kier molecular flexibility index (Phi) is 7.60. The number of carbonyl (C=O) groups excluding carboxylic acids is 1. The third-order valence-corrected chi connectivity index (χ3v) is 4.90. The molecule has 0 radical (unpaired) electrons. The summed E-state index contributed by atoms with van der Waals surface area (Å²) in [6.07, 6.45) is -8.65. The smallest absolute Gasteiger partial charge is 0.476 e. The predicted octanol–water partition coefficient (Wildman–Crippen LogP) is 4.72. The van der Waals surface area contributed by atoms with Gasteiger partial charge in [-0.25, -0.2) is 18.8 Å². The summed E-state index contributed by atoms with van der Waals surface area (Å²) < 4.78 is 94.1. The van der Waals surface area contributed by atoms with Crippen molar-refractivity contribution in [3.05, 3.63) is 70.4 Å². The van der Waals surface area contributed by atoms with Crippen molar-refractivity contribution >= 4 is 5.97 Å². The molecule has 0 bridgehead atoms. The van der Waals surface area contributed by atoms with E-state index in [1.165, 1.54) is 32.0 Å². The summed E-state index contributed by atoms with van der Waals surface area (Å²) in [6.45, 7) is 3.75. The van der Waals surface area contributed by atoms with E-state index < -0.39 is 46.9 Å². The summed E-state index contributed by atoms with van der Waals surface area (Å²) in [7, 11) is 0. The van der Waals surface area contributed by atoms with Gasteiger partial charge >= 0.3 is 24.2 Å². The molecule has 2 aromatic carbocycles. The average molecular weight is 533 g/mol. The van der Waals surface area contributed by atoms with Crippen LogP contribution in [0.4, 0.5) is 26.3 Å². The predicted molar refractivity (Wildman–Crippen MR) is 116 cm³/mol. The van der Waals surface area contributed by atoms with Crippen molar-refractivity contribution in [1.82, 2.24) is 14.3 Å². The zero-order chi connectivity index (χ0) is 27.6. The highest BCUT2D eigenvalue weighted by Gasteiger charge is 2.39. The van der Waals surface area contributed by atoms with Crippen LogP contribution in [-0.2, 0) is 22.3 Å². The molecule has 1 aromatic heterocycles. The lowest BCUT2D eigenvalue weighted by Crippen LogP contribution is -2.40. The fourth-order valence-corrected chi connectivity index (χ4v) is 3.21. The first kappa shape index (κ1) is 27.6. The van der Waals surface area contributed by atoms with Crippen molar-refractivity contribution in [2.75, 3.05) is 6.61 Å². The van der Waals surface area contributed by atoms with Crippen LogP contribution in [0.25, 0.3) is 5.69 Å². The minimum Gasteiger partial charge on any atom is -0.476 e. The van der Waals surface area contributed by atoms with Crippen LogP contribution in [0.1, 0.15) is 31.9 Å². The molecule has 8 nitrogen and oxygen atoms in total. The molecule has 0 aliphatic carbocycles. The highest BCUT2D eigenvalue weighted by Crippen LogP contribution is 2.38. The molecule has 0 N–H and O–H groups in total. The summed E-state index contributed by atoms with van der Waals surface area (Å²) in [4.78, 5) is 24.8. The standard InChI is InChI=1S/C23H21F6N3O5/c1-4-35-19(33)21(2,3)37-18-10-5-14(11-17(18)22(24,25)26)12-32-20(34)31(13-30-32)15-6-8-16(9-7-15)36-23(27,28)29/h5-11,13H,4,12H2,1-3H3. The largest absolute Gasteiger partial charge is 0.573 e. The highest BCUT2D eigenvalue weighted by atomic mass is 19.4. The first-order chi connectivity index (χ1) is 17.1. The molecule has 14 heteroatoms. The number of aromatic nitrogens is 3. The van der Waals surface area contributed by atoms with E-state index in [-0.39, 0.29) is 24.4 Å². The van der Waals surface area contributed by atoms with Crippen LogP contribution in [0.5, 0.6) is 11.5 Å². The van der Waals surface area contributed by atoms with Crippen molar-refractivity contribution in [2.24, 2.45) is 0 Å². The molecule has 0 saturated heterocycles. The molecule has 200 valence electrons. The number of benzene rings is 2. The van der Waals surface area contributed by atoms with E-state index >= 15 is 0 Å². The van der Waals surface area contributed by atoms with Gasteiger partial charge in [0.25, 0.3) is 0 Å². The minimum atomic E-state index is -4.88. The zero-order valence-electron chi connectivity index (χ0n) is 19.7. The molecule has 0 amide bonds. The quantitative estimate of drug-likeness (QED) is 0.308. The van der Waals surface area contributed by atoms with Crippen molar-refractivity contribution in [1.29, 1.82) is 0 Å². The van der Waals surface area contributed by atoms with Gasteiger partial charge in [-0.3, -0.25) is 0 Å². The van der Waals surface area contributed by atoms with Crippen LogP contribution >= 0.6 is 0 Å². The lowest BCUT2D eigenvalue weighted by atomic mass is 10.1. The van der Waals surface area contributed by atoms with E-state index in [1.807, 2.05) is 0 Å². The fourth-order valence-electron chi connectivity index (χ4n) is 3.21. The van der Waals surface area contributed by atoms with Gasteiger partial charge in [0.05, 0.1) is 24.4 Å². The topological polar surface area (TPSA) is 84.6 Å². The maximum atomic E-state index is 13.8. The van der Waals surface area contributed by atoms with Crippen molar-refractivity contribution < 1.29 is 45.3 Å². The second kappa shape index (κ2) is 10.2. The Morgan fingerprint density at radius 3 is 2.19 bits per heavy atom. The number of halogens is 6. The summed E-state index contributed by atoms with van der Waals surface area (Å²) in [5.74, 6) is -1.94. The average Bonchev–Trinajstić information content (AvgIpc) is 3.13. The maximum Gasteiger partial charge on any atom is 0.573 e. The molecule has 1 heterocycles. The number of hydrogen-bond donors (Lipinski definition) is 0. The first-order valence-corrected chi connectivity index (χ1v) is 10.7. The molecule has 0 spiro atoms. The number of rotatable bonds is 8. The Bertz CT molecular complexity index is 1310. The zero-order valence-corrected chi connectivity index (χ0v) is 19.7. The first-order valence-electron chi connectivity index (χ1n) is 10.7. The van der Waals surface area contributed by atoms with Gasteiger partial charge in [0.15, 0.2) is 5.60 Å². The van der Waals surface area contributed by atoms with Crippen LogP contribution in [-0.4, -0.2) is 38.9 Å². The number of alkyl halides is 6. The second-order valence-corrected chi connectivity index (χ2v) is 8.14. The minimum absolute atomic E-state index is 0.0174.